The third-order valence-corrected chi connectivity index (χ3v) is 5.18. The third kappa shape index (κ3) is 2.67. The van der Waals surface area contributed by atoms with Gasteiger partial charge in [-0.15, -0.1) is 0 Å². The van der Waals surface area contributed by atoms with Crippen molar-refractivity contribution in [2.24, 2.45) is 0 Å². The molecule has 1 fully saturated rings. The van der Waals surface area contributed by atoms with Gasteiger partial charge in [0.05, 0.1) is 28.5 Å². The molecule has 0 spiro atoms. The lowest BCUT2D eigenvalue weighted by Crippen LogP contribution is -2.22. The molecule has 18 heavy (non-hydrogen) atoms. The van der Waals surface area contributed by atoms with Gasteiger partial charge in [0.1, 0.15) is 0 Å². The molecule has 1 aliphatic heterocycles. The van der Waals surface area contributed by atoms with E-state index in [4.69, 9.17) is 10.5 Å². The molecule has 1 aliphatic rings. The lowest BCUT2D eigenvalue weighted by atomic mass is 10.2. The SMILES string of the molecule is Cc1cccc(S(=O)(=O)CC2CCC(C)O2)c1N. The Hall–Kier alpha value is -1.07. The number of anilines is 1. The van der Waals surface area contributed by atoms with Gasteiger partial charge >= 0.3 is 0 Å². The second-order valence-corrected chi connectivity index (χ2v) is 6.92. The molecule has 0 radical (unpaired) electrons. The maximum atomic E-state index is 12.3. The Morgan fingerprint density at radius 1 is 1.39 bits per heavy atom. The van der Waals surface area contributed by atoms with Crippen LogP contribution < -0.4 is 5.73 Å². The van der Waals surface area contributed by atoms with Crippen LogP contribution in [0.3, 0.4) is 0 Å². The van der Waals surface area contributed by atoms with Crippen LogP contribution in [0.5, 0.6) is 0 Å². The van der Waals surface area contributed by atoms with Gasteiger partial charge in [0.2, 0.25) is 0 Å². The summed E-state index contributed by atoms with van der Waals surface area (Å²) in [4.78, 5) is 0.227. The molecule has 2 unspecified atom stereocenters. The highest BCUT2D eigenvalue weighted by Crippen LogP contribution is 2.27. The summed E-state index contributed by atoms with van der Waals surface area (Å²) in [5.41, 5.74) is 6.99. The number of nitrogen functional groups attached to an aromatic ring is 1. The number of para-hydroxylation sites is 1. The molecule has 1 saturated heterocycles. The first kappa shape index (κ1) is 13.4. The molecule has 2 atom stereocenters. The number of nitrogens with two attached hydrogens (primary N) is 1. The number of ether oxygens (including phenoxy) is 1. The fourth-order valence-corrected chi connectivity index (χ4v) is 3.96. The average Bonchev–Trinajstić information content (AvgIpc) is 2.67. The fourth-order valence-electron chi connectivity index (χ4n) is 2.27. The summed E-state index contributed by atoms with van der Waals surface area (Å²) in [6, 6.07) is 5.09. The van der Waals surface area contributed by atoms with Gasteiger partial charge in [-0.2, -0.15) is 0 Å². The normalized spacial score (nSPS) is 24.3. The molecule has 0 saturated carbocycles. The third-order valence-electron chi connectivity index (χ3n) is 3.34. The minimum atomic E-state index is -3.37. The maximum Gasteiger partial charge on any atom is 0.182 e. The molecule has 0 aromatic heterocycles. The maximum absolute atomic E-state index is 12.3. The van der Waals surface area contributed by atoms with Crippen molar-refractivity contribution in [2.45, 2.75) is 43.8 Å². The van der Waals surface area contributed by atoms with Gasteiger partial charge in [-0.05, 0) is 38.3 Å². The summed E-state index contributed by atoms with van der Waals surface area (Å²) in [6.45, 7) is 3.77. The summed E-state index contributed by atoms with van der Waals surface area (Å²) < 4.78 is 30.2. The molecule has 4 nitrogen and oxygen atoms in total. The Kier molecular flexibility index (Phi) is 3.64. The van der Waals surface area contributed by atoms with E-state index in [1.807, 2.05) is 19.9 Å². The topological polar surface area (TPSA) is 69.4 Å². The zero-order valence-corrected chi connectivity index (χ0v) is 11.5. The van der Waals surface area contributed by atoms with Crippen molar-refractivity contribution in [3.8, 4) is 0 Å². The first-order valence-electron chi connectivity index (χ1n) is 6.13. The van der Waals surface area contributed by atoms with Crippen LogP contribution in [0, 0.1) is 6.92 Å². The van der Waals surface area contributed by atoms with Crippen molar-refractivity contribution in [3.05, 3.63) is 23.8 Å². The standard InChI is InChI=1S/C13H19NO3S/c1-9-4-3-5-12(13(9)14)18(15,16)8-11-7-6-10(2)17-11/h3-5,10-11H,6-8,14H2,1-2H3. The minimum Gasteiger partial charge on any atom is -0.397 e. The zero-order valence-electron chi connectivity index (χ0n) is 10.7. The Balaban J connectivity index is 2.23. The van der Waals surface area contributed by atoms with Crippen LogP contribution in [-0.2, 0) is 14.6 Å². The van der Waals surface area contributed by atoms with Crippen LogP contribution in [0.1, 0.15) is 25.3 Å². The van der Waals surface area contributed by atoms with Crippen LogP contribution in [-0.4, -0.2) is 26.4 Å². The van der Waals surface area contributed by atoms with Gasteiger partial charge in [-0.3, -0.25) is 0 Å². The van der Waals surface area contributed by atoms with Crippen LogP contribution in [0.4, 0.5) is 5.69 Å². The first-order chi connectivity index (χ1) is 8.40. The van der Waals surface area contributed by atoms with Crippen molar-refractivity contribution < 1.29 is 13.2 Å². The monoisotopic (exact) mass is 269 g/mol. The van der Waals surface area contributed by atoms with Gasteiger partial charge in [0.15, 0.2) is 9.84 Å². The molecule has 100 valence electrons. The summed E-state index contributed by atoms with van der Waals surface area (Å²) in [6.07, 6.45) is 1.67. The number of rotatable bonds is 3. The van der Waals surface area contributed by atoms with E-state index in [1.165, 1.54) is 0 Å². The van der Waals surface area contributed by atoms with Crippen LogP contribution in [0.15, 0.2) is 23.1 Å². The number of hydrogen-bond acceptors (Lipinski definition) is 4. The zero-order chi connectivity index (χ0) is 13.3. The second kappa shape index (κ2) is 4.90. The van der Waals surface area contributed by atoms with Gasteiger partial charge in [0, 0.05) is 0 Å². The molecule has 0 bridgehead atoms. The van der Waals surface area contributed by atoms with E-state index in [0.717, 1.165) is 18.4 Å². The summed E-state index contributed by atoms with van der Waals surface area (Å²) in [7, 11) is -3.37. The Bertz CT molecular complexity index is 539. The predicted molar refractivity (Wildman–Crippen MR) is 71.2 cm³/mol. The van der Waals surface area contributed by atoms with Crippen molar-refractivity contribution in [1.82, 2.24) is 0 Å². The highest BCUT2D eigenvalue weighted by atomic mass is 32.2. The Labute approximate surface area is 108 Å². The van der Waals surface area contributed by atoms with Gasteiger partial charge in [0.25, 0.3) is 0 Å². The van der Waals surface area contributed by atoms with Crippen LogP contribution in [0.25, 0.3) is 0 Å². The van der Waals surface area contributed by atoms with Gasteiger partial charge < -0.3 is 10.5 Å². The molecule has 1 heterocycles. The van der Waals surface area contributed by atoms with E-state index in [-0.39, 0.29) is 22.9 Å². The molecule has 1 aromatic rings. The lowest BCUT2D eigenvalue weighted by molar-refractivity contribution is 0.0690. The number of aryl methyl sites for hydroxylation is 1. The largest absolute Gasteiger partial charge is 0.397 e. The Morgan fingerprint density at radius 2 is 2.11 bits per heavy atom. The van der Waals surface area contributed by atoms with Gasteiger partial charge in [-0.25, -0.2) is 8.42 Å². The highest BCUT2D eigenvalue weighted by Gasteiger charge is 2.29. The van der Waals surface area contributed by atoms with E-state index in [0.29, 0.717) is 5.69 Å². The summed E-state index contributed by atoms with van der Waals surface area (Å²) >= 11 is 0. The molecule has 5 heteroatoms. The number of sulfone groups is 1. The second-order valence-electron chi connectivity index (χ2n) is 4.91. The smallest absolute Gasteiger partial charge is 0.182 e. The van der Waals surface area contributed by atoms with Crippen LogP contribution in [0.2, 0.25) is 0 Å². The molecule has 0 aliphatic carbocycles. The van der Waals surface area contributed by atoms with Crippen molar-refractivity contribution in [2.75, 3.05) is 11.5 Å². The van der Waals surface area contributed by atoms with Gasteiger partial charge in [-0.1, -0.05) is 12.1 Å². The van der Waals surface area contributed by atoms with E-state index in [2.05, 4.69) is 0 Å². The minimum absolute atomic E-state index is 0.0188. The molecule has 1 aromatic carbocycles. The molecular weight excluding hydrogens is 250 g/mol. The number of benzene rings is 1. The lowest BCUT2D eigenvalue weighted by Gasteiger charge is -2.13. The highest BCUT2D eigenvalue weighted by molar-refractivity contribution is 7.91. The average molecular weight is 269 g/mol. The van der Waals surface area contributed by atoms with Crippen molar-refractivity contribution in [1.29, 1.82) is 0 Å². The van der Waals surface area contributed by atoms with E-state index < -0.39 is 9.84 Å². The van der Waals surface area contributed by atoms with Crippen molar-refractivity contribution >= 4 is 15.5 Å². The van der Waals surface area contributed by atoms with E-state index in [1.54, 1.807) is 12.1 Å². The van der Waals surface area contributed by atoms with Crippen LogP contribution >= 0.6 is 0 Å². The summed E-state index contributed by atoms with van der Waals surface area (Å²) in [5.74, 6) is 0.0188. The fraction of sp³-hybridized carbons (Fsp3) is 0.538. The van der Waals surface area contributed by atoms with Crippen molar-refractivity contribution in [3.63, 3.8) is 0 Å². The summed E-state index contributed by atoms with van der Waals surface area (Å²) in [5, 5.41) is 0. The molecule has 0 amide bonds. The predicted octanol–water partition coefficient (Wildman–Crippen LogP) is 1.92. The van der Waals surface area contributed by atoms with E-state index >= 15 is 0 Å². The van der Waals surface area contributed by atoms with E-state index in [9.17, 15) is 8.42 Å². The quantitative estimate of drug-likeness (QED) is 0.851. The Morgan fingerprint density at radius 3 is 2.72 bits per heavy atom. The molecular formula is C13H19NO3S. The number of hydrogen-bond donors (Lipinski definition) is 1. The molecule has 2 rings (SSSR count). The molecule has 2 N–H and O–H groups in total. The first-order valence-corrected chi connectivity index (χ1v) is 7.78.